The van der Waals surface area contributed by atoms with E-state index in [1.165, 1.54) is 12.1 Å². The molecule has 30 heavy (non-hydrogen) atoms. The highest BCUT2D eigenvalue weighted by atomic mass is 28.4. The fourth-order valence-electron chi connectivity index (χ4n) is 3.67. The van der Waals surface area contributed by atoms with Gasteiger partial charge in [0.15, 0.2) is 8.32 Å². The molecule has 0 radical (unpaired) electrons. The van der Waals surface area contributed by atoms with Crippen LogP contribution in [-0.2, 0) is 13.7 Å². The summed E-state index contributed by atoms with van der Waals surface area (Å²) in [5.41, 5.74) is -2.14. The normalized spacial score (nSPS) is 18.7. The first-order chi connectivity index (χ1) is 13.7. The zero-order valence-corrected chi connectivity index (χ0v) is 20.9. The van der Waals surface area contributed by atoms with Gasteiger partial charge in [0.1, 0.15) is 24.0 Å². The molecule has 0 aliphatic carbocycles. The van der Waals surface area contributed by atoms with Gasteiger partial charge in [-0.05, 0) is 59.7 Å². The molecule has 0 unspecified atom stereocenters. The molecular formula is C22H37BF2O4Si. The lowest BCUT2D eigenvalue weighted by molar-refractivity contribution is 0.00578. The summed E-state index contributed by atoms with van der Waals surface area (Å²) in [5, 5.41) is 0. The quantitative estimate of drug-likeness (QED) is 0.477. The molecule has 0 bridgehead atoms. The topological polar surface area (TPSA) is 36.9 Å². The summed E-state index contributed by atoms with van der Waals surface area (Å²) < 4.78 is 53.5. The highest BCUT2D eigenvalue weighted by Crippen LogP contribution is 2.37. The monoisotopic (exact) mass is 442 g/mol. The highest BCUT2D eigenvalue weighted by molar-refractivity contribution is 6.73. The Morgan fingerprint density at radius 1 is 0.933 bits per heavy atom. The van der Waals surface area contributed by atoms with Gasteiger partial charge < -0.3 is 18.5 Å². The van der Waals surface area contributed by atoms with Crippen molar-refractivity contribution in [2.75, 3.05) is 6.61 Å². The molecule has 0 amide bonds. The molecule has 1 heterocycles. The molecule has 0 atom stereocenters. The van der Waals surface area contributed by atoms with Gasteiger partial charge in [-0.25, -0.2) is 8.78 Å². The van der Waals surface area contributed by atoms with Crippen molar-refractivity contribution in [3.63, 3.8) is 0 Å². The van der Waals surface area contributed by atoms with Crippen molar-refractivity contribution >= 4 is 20.9 Å². The molecule has 1 saturated heterocycles. The van der Waals surface area contributed by atoms with Crippen molar-refractivity contribution in [3.05, 3.63) is 23.8 Å². The second kappa shape index (κ2) is 8.88. The number of hydrogen-bond donors (Lipinski definition) is 0. The second-order valence-electron chi connectivity index (χ2n) is 9.78. The predicted octanol–water partition coefficient (Wildman–Crippen LogP) is 5.44. The SMILES string of the molecule is CC[Si](CC)(CC)OC(C)(C)COc1cc(F)c(B2OC(C)(C)C(C)(C)O2)c(F)c1. The lowest BCUT2D eigenvalue weighted by atomic mass is 9.78. The minimum atomic E-state index is -1.83. The van der Waals surface area contributed by atoms with Crippen LogP contribution in [0.4, 0.5) is 8.78 Å². The molecule has 1 fully saturated rings. The smallest absolute Gasteiger partial charge is 0.490 e. The fraction of sp³-hybridized carbons (Fsp3) is 0.727. The molecule has 4 nitrogen and oxygen atoms in total. The van der Waals surface area contributed by atoms with Crippen molar-refractivity contribution in [2.24, 2.45) is 0 Å². The van der Waals surface area contributed by atoms with E-state index >= 15 is 0 Å². The fourth-order valence-corrected chi connectivity index (χ4v) is 6.83. The molecule has 8 heteroatoms. The zero-order valence-electron chi connectivity index (χ0n) is 19.9. The molecule has 0 aromatic heterocycles. The molecule has 0 N–H and O–H groups in total. The lowest BCUT2D eigenvalue weighted by Gasteiger charge is -2.38. The van der Waals surface area contributed by atoms with Crippen LogP contribution in [0.5, 0.6) is 5.75 Å². The molecule has 170 valence electrons. The van der Waals surface area contributed by atoms with Crippen LogP contribution in [0.1, 0.15) is 62.3 Å². The van der Waals surface area contributed by atoms with Crippen LogP contribution in [0.3, 0.4) is 0 Å². The Balaban J connectivity index is 2.15. The lowest BCUT2D eigenvalue weighted by Crippen LogP contribution is -2.47. The number of benzene rings is 1. The summed E-state index contributed by atoms with van der Waals surface area (Å²) in [5.74, 6) is -1.37. The Labute approximate surface area is 181 Å². The van der Waals surface area contributed by atoms with E-state index in [1.54, 1.807) is 0 Å². The summed E-state index contributed by atoms with van der Waals surface area (Å²) in [6, 6.07) is 5.44. The van der Waals surface area contributed by atoms with Crippen molar-refractivity contribution < 1.29 is 27.3 Å². The van der Waals surface area contributed by atoms with E-state index in [2.05, 4.69) is 20.8 Å². The number of rotatable bonds is 9. The number of ether oxygens (including phenoxy) is 1. The van der Waals surface area contributed by atoms with Crippen molar-refractivity contribution in [2.45, 2.75) is 97.2 Å². The minimum Gasteiger partial charge on any atom is -0.490 e. The van der Waals surface area contributed by atoms with Gasteiger partial charge in [-0.1, -0.05) is 20.8 Å². The highest BCUT2D eigenvalue weighted by Gasteiger charge is 2.53. The van der Waals surface area contributed by atoms with E-state index in [0.717, 1.165) is 18.1 Å². The number of hydrogen-bond acceptors (Lipinski definition) is 4. The predicted molar refractivity (Wildman–Crippen MR) is 120 cm³/mol. The zero-order chi connectivity index (χ0) is 23.0. The Morgan fingerprint density at radius 2 is 1.37 bits per heavy atom. The minimum absolute atomic E-state index is 0.124. The van der Waals surface area contributed by atoms with Gasteiger partial charge >= 0.3 is 7.12 Å². The summed E-state index contributed by atoms with van der Waals surface area (Å²) in [4.78, 5) is 0. The van der Waals surface area contributed by atoms with Gasteiger partial charge in [0.25, 0.3) is 0 Å². The molecule has 1 aromatic rings. The van der Waals surface area contributed by atoms with E-state index < -0.39 is 43.9 Å². The first kappa shape index (κ1) is 25.3. The molecular weight excluding hydrogens is 405 g/mol. The van der Waals surface area contributed by atoms with E-state index in [4.69, 9.17) is 18.5 Å². The molecule has 0 spiro atoms. The maximum absolute atomic E-state index is 14.8. The first-order valence-electron chi connectivity index (χ1n) is 10.9. The van der Waals surface area contributed by atoms with E-state index in [1.807, 2.05) is 41.5 Å². The van der Waals surface area contributed by atoms with Crippen molar-refractivity contribution in [3.8, 4) is 5.75 Å². The average Bonchev–Trinajstić information content (AvgIpc) is 2.84. The Hall–Kier alpha value is -0.958. The third-order valence-electron chi connectivity index (χ3n) is 6.55. The summed E-state index contributed by atoms with van der Waals surface area (Å²) in [6.07, 6.45) is 0. The van der Waals surface area contributed by atoms with Gasteiger partial charge in [0, 0.05) is 12.1 Å². The van der Waals surface area contributed by atoms with Gasteiger partial charge in [-0.2, -0.15) is 0 Å². The maximum Gasteiger partial charge on any atom is 0.500 e. The van der Waals surface area contributed by atoms with E-state index in [9.17, 15) is 8.78 Å². The van der Waals surface area contributed by atoms with Gasteiger partial charge in [-0.3, -0.25) is 0 Å². The third kappa shape index (κ3) is 5.26. The van der Waals surface area contributed by atoms with Crippen LogP contribution in [0, 0.1) is 11.6 Å². The molecule has 2 rings (SSSR count). The summed E-state index contributed by atoms with van der Waals surface area (Å²) in [7, 11) is -2.93. The van der Waals surface area contributed by atoms with Gasteiger partial charge in [-0.15, -0.1) is 0 Å². The molecule has 1 aliphatic heterocycles. The van der Waals surface area contributed by atoms with Crippen LogP contribution in [0.25, 0.3) is 0 Å². The first-order valence-corrected chi connectivity index (χ1v) is 13.4. The molecule has 1 aliphatic rings. The van der Waals surface area contributed by atoms with Gasteiger partial charge in [0.05, 0.1) is 22.3 Å². The van der Waals surface area contributed by atoms with Crippen LogP contribution < -0.4 is 10.2 Å². The Bertz CT molecular complexity index is 703. The van der Waals surface area contributed by atoms with Crippen LogP contribution in [-0.4, -0.2) is 38.8 Å². The van der Waals surface area contributed by atoms with E-state index in [-0.39, 0.29) is 17.8 Å². The largest absolute Gasteiger partial charge is 0.500 e. The molecule has 1 aromatic carbocycles. The van der Waals surface area contributed by atoms with Crippen molar-refractivity contribution in [1.82, 2.24) is 0 Å². The summed E-state index contributed by atoms with van der Waals surface area (Å²) in [6.45, 7) is 18.0. The number of halogens is 2. The Morgan fingerprint density at radius 3 is 1.77 bits per heavy atom. The van der Waals surface area contributed by atoms with Crippen LogP contribution >= 0.6 is 0 Å². The van der Waals surface area contributed by atoms with E-state index in [0.29, 0.717) is 0 Å². The average molecular weight is 442 g/mol. The van der Waals surface area contributed by atoms with Gasteiger partial charge in [0.2, 0.25) is 0 Å². The summed E-state index contributed by atoms with van der Waals surface area (Å²) >= 11 is 0. The van der Waals surface area contributed by atoms with Crippen LogP contribution in [0.15, 0.2) is 12.1 Å². The maximum atomic E-state index is 14.8. The van der Waals surface area contributed by atoms with Crippen LogP contribution in [0.2, 0.25) is 18.1 Å². The molecule has 0 saturated carbocycles. The second-order valence-corrected chi connectivity index (χ2v) is 14.5. The standard InChI is InChI=1S/C22H37BF2O4Si/c1-10-30(11-2,12-3)29-20(4,5)15-26-16-13-17(24)19(18(25)14-16)23-27-21(6,7)22(8,9)28-23/h13-14H,10-12,15H2,1-9H3. The Kier molecular flexibility index (Phi) is 7.49. The van der Waals surface area contributed by atoms with Crippen molar-refractivity contribution in [1.29, 1.82) is 0 Å². The third-order valence-corrected chi connectivity index (χ3v) is 11.4.